The Bertz CT molecular complexity index is 1840. The van der Waals surface area contributed by atoms with Gasteiger partial charge in [-0.05, 0) is 36.5 Å². The molecule has 1 aliphatic carbocycles. The molecule has 13 nitrogen and oxygen atoms in total. The van der Waals surface area contributed by atoms with Gasteiger partial charge in [-0.1, -0.05) is 25.0 Å². The maximum absolute atomic E-state index is 13.9. The topological polar surface area (TPSA) is 132 Å². The molecular formula is C36H43N9O4. The fourth-order valence-corrected chi connectivity index (χ4v) is 8.17. The van der Waals surface area contributed by atoms with E-state index in [1.54, 1.807) is 42.8 Å². The number of nitrogens with one attached hydrogen (secondary N) is 1. The van der Waals surface area contributed by atoms with E-state index in [1.807, 2.05) is 12.1 Å². The molecule has 0 spiro atoms. The van der Waals surface area contributed by atoms with Gasteiger partial charge in [0.15, 0.2) is 0 Å². The van der Waals surface area contributed by atoms with Crippen molar-refractivity contribution in [2.75, 3.05) is 61.1 Å². The molecule has 49 heavy (non-hydrogen) atoms. The van der Waals surface area contributed by atoms with Gasteiger partial charge >= 0.3 is 0 Å². The molecular weight excluding hydrogens is 622 g/mol. The predicted molar refractivity (Wildman–Crippen MR) is 187 cm³/mol. The molecule has 1 amide bonds. The van der Waals surface area contributed by atoms with Gasteiger partial charge in [0.05, 0.1) is 50.0 Å². The van der Waals surface area contributed by atoms with E-state index in [0.717, 1.165) is 63.7 Å². The molecule has 5 aliphatic rings. The second-order valence-corrected chi connectivity index (χ2v) is 13.7. The van der Waals surface area contributed by atoms with Crippen molar-refractivity contribution in [2.24, 2.45) is 13.0 Å². The molecule has 3 aromatic heterocycles. The van der Waals surface area contributed by atoms with Gasteiger partial charge in [-0.15, -0.1) is 6.58 Å². The molecule has 256 valence electrons. The molecule has 7 heterocycles. The first-order chi connectivity index (χ1) is 23.9. The number of carbonyl (C=O) groups is 1. The first-order valence-corrected chi connectivity index (χ1v) is 17.3. The Morgan fingerprint density at radius 1 is 1.06 bits per heavy atom. The van der Waals surface area contributed by atoms with Crippen molar-refractivity contribution in [3.8, 4) is 11.1 Å². The van der Waals surface area contributed by atoms with Gasteiger partial charge in [-0.25, -0.2) is 15.0 Å². The summed E-state index contributed by atoms with van der Waals surface area (Å²) in [6, 6.07) is 4.55. The number of aryl methyl sites for hydroxylation is 1. The van der Waals surface area contributed by atoms with Crippen LogP contribution in [-0.4, -0.2) is 104 Å². The van der Waals surface area contributed by atoms with Crippen molar-refractivity contribution in [3.05, 3.63) is 77.3 Å². The monoisotopic (exact) mass is 665 g/mol. The van der Waals surface area contributed by atoms with E-state index in [9.17, 15) is 14.7 Å². The quantitative estimate of drug-likeness (QED) is 0.345. The number of hydrogen-bond donors (Lipinski definition) is 2. The van der Waals surface area contributed by atoms with Crippen LogP contribution >= 0.6 is 0 Å². The van der Waals surface area contributed by atoms with Crippen molar-refractivity contribution >= 4 is 29.0 Å². The minimum absolute atomic E-state index is 0.0703. The van der Waals surface area contributed by atoms with E-state index in [4.69, 9.17) is 9.72 Å². The van der Waals surface area contributed by atoms with E-state index < -0.39 is 0 Å². The third-order valence-electron chi connectivity index (χ3n) is 10.9. The normalized spacial score (nSPS) is 24.3. The zero-order valence-corrected chi connectivity index (χ0v) is 27.9. The Hall–Kier alpha value is -4.59. The molecule has 2 N–H and O–H groups in total. The lowest BCUT2D eigenvalue weighted by molar-refractivity contribution is -0.118. The van der Waals surface area contributed by atoms with Gasteiger partial charge in [0.1, 0.15) is 23.1 Å². The van der Waals surface area contributed by atoms with E-state index in [2.05, 4.69) is 42.6 Å². The summed E-state index contributed by atoms with van der Waals surface area (Å²) in [4.78, 5) is 49.7. The molecule has 3 atom stereocenters. The van der Waals surface area contributed by atoms with Crippen LogP contribution in [0.25, 0.3) is 11.1 Å². The smallest absolute Gasteiger partial charge is 0.275 e. The van der Waals surface area contributed by atoms with Crippen LogP contribution in [0.15, 0.2) is 66.1 Å². The lowest BCUT2D eigenvalue weighted by Crippen LogP contribution is -2.60. The van der Waals surface area contributed by atoms with Crippen molar-refractivity contribution in [1.82, 2.24) is 29.3 Å². The highest BCUT2D eigenvalue weighted by molar-refractivity contribution is 6.06. The largest absolute Gasteiger partial charge is 0.392 e. The van der Waals surface area contributed by atoms with Crippen molar-refractivity contribution in [3.63, 3.8) is 0 Å². The lowest BCUT2D eigenvalue weighted by atomic mass is 9.86. The van der Waals surface area contributed by atoms with Crippen LogP contribution in [0.4, 0.5) is 23.1 Å². The number of aliphatic hydroxyl groups is 1. The zero-order valence-electron chi connectivity index (χ0n) is 27.9. The number of amides is 1. The average molecular weight is 666 g/mol. The van der Waals surface area contributed by atoms with Gasteiger partial charge in [0.25, 0.3) is 11.5 Å². The standard InChI is InChI=1S/C36H43N9O4/c1-3-25-19-42(26-21-49-22-26)10-11-43(25)33-17-38-32(16-39-33)40-29-14-24(18-41(2)35(29)47)27-8-9-37-34(28(27)20-46)45-13-12-44-30-7-5-4-6-23(30)15-31(44)36(45)48/h3,8-9,14-18,23,25-26,30,46H,1,4-7,10-13,19-22H2,2H3,(H,38,40)/t23?,25-,30?/m0/s1. The third kappa shape index (κ3) is 5.69. The minimum Gasteiger partial charge on any atom is -0.392 e. The highest BCUT2D eigenvalue weighted by Gasteiger charge is 2.43. The second kappa shape index (κ2) is 13.0. The summed E-state index contributed by atoms with van der Waals surface area (Å²) in [6.45, 7) is 9.12. The molecule has 4 aliphatic heterocycles. The van der Waals surface area contributed by atoms with Gasteiger partial charge in [-0.2, -0.15) is 0 Å². The maximum Gasteiger partial charge on any atom is 0.275 e. The highest BCUT2D eigenvalue weighted by Crippen LogP contribution is 2.41. The number of aliphatic hydroxyl groups excluding tert-OH is 1. The molecule has 8 rings (SSSR count). The van der Waals surface area contributed by atoms with E-state index in [0.29, 0.717) is 58.6 Å². The predicted octanol–water partition coefficient (Wildman–Crippen LogP) is 2.65. The first-order valence-electron chi connectivity index (χ1n) is 17.3. The maximum atomic E-state index is 13.9. The zero-order chi connectivity index (χ0) is 33.6. The molecule has 3 aromatic rings. The van der Waals surface area contributed by atoms with Crippen LogP contribution in [0.1, 0.15) is 31.2 Å². The number of anilines is 4. The van der Waals surface area contributed by atoms with Crippen molar-refractivity contribution < 1.29 is 14.6 Å². The van der Waals surface area contributed by atoms with Crippen LogP contribution in [0, 0.1) is 5.92 Å². The number of carbonyl (C=O) groups excluding carboxylic acids is 1. The number of ether oxygens (including phenoxy) is 1. The Kier molecular flexibility index (Phi) is 8.42. The Morgan fingerprint density at radius 2 is 1.90 bits per heavy atom. The van der Waals surface area contributed by atoms with Gasteiger partial charge < -0.3 is 29.5 Å². The number of pyridine rings is 2. The molecule has 0 radical (unpaired) electrons. The van der Waals surface area contributed by atoms with E-state index in [-0.39, 0.29) is 24.1 Å². The molecule has 0 aromatic carbocycles. The van der Waals surface area contributed by atoms with Crippen LogP contribution < -0.4 is 20.7 Å². The number of rotatable bonds is 8. The average Bonchev–Trinajstić information content (AvgIpc) is 3.49. The number of nitrogens with zero attached hydrogens (tertiary/aromatic N) is 8. The van der Waals surface area contributed by atoms with Crippen molar-refractivity contribution in [2.45, 2.75) is 50.4 Å². The number of fused-ring (bicyclic) bond motifs is 3. The summed E-state index contributed by atoms with van der Waals surface area (Å²) >= 11 is 0. The van der Waals surface area contributed by atoms with Crippen LogP contribution in [0.3, 0.4) is 0 Å². The third-order valence-corrected chi connectivity index (χ3v) is 10.9. The molecule has 13 heteroatoms. The summed E-state index contributed by atoms with van der Waals surface area (Å²) < 4.78 is 6.88. The summed E-state index contributed by atoms with van der Waals surface area (Å²) in [5, 5.41) is 13.8. The Balaban J connectivity index is 1.03. The lowest BCUT2D eigenvalue weighted by Gasteiger charge is -2.46. The summed E-state index contributed by atoms with van der Waals surface area (Å²) in [5.41, 5.74) is 2.76. The summed E-state index contributed by atoms with van der Waals surface area (Å²) in [5.74, 6) is 1.99. The minimum atomic E-state index is -0.316. The van der Waals surface area contributed by atoms with Gasteiger partial charge in [-0.3, -0.25) is 19.4 Å². The number of aromatic nitrogens is 4. The number of piperazine rings is 2. The number of hydrogen-bond acceptors (Lipinski definition) is 11. The first kappa shape index (κ1) is 31.7. The van der Waals surface area contributed by atoms with Gasteiger partial charge in [0, 0.05) is 69.3 Å². The molecule has 0 bridgehead atoms. The molecule has 4 fully saturated rings. The fourth-order valence-electron chi connectivity index (χ4n) is 8.17. The molecule has 1 saturated carbocycles. The van der Waals surface area contributed by atoms with Crippen molar-refractivity contribution in [1.29, 1.82) is 0 Å². The van der Waals surface area contributed by atoms with Gasteiger partial charge in [0.2, 0.25) is 0 Å². The second-order valence-electron chi connectivity index (χ2n) is 13.7. The Labute approximate surface area is 285 Å². The van der Waals surface area contributed by atoms with E-state index >= 15 is 0 Å². The fraction of sp³-hybridized carbons (Fsp3) is 0.472. The van der Waals surface area contributed by atoms with E-state index in [1.165, 1.54) is 17.4 Å². The Morgan fingerprint density at radius 3 is 2.65 bits per heavy atom. The highest BCUT2D eigenvalue weighted by atomic mass is 16.5. The van der Waals surface area contributed by atoms with Crippen LogP contribution in [0.2, 0.25) is 0 Å². The van der Waals surface area contributed by atoms with Crippen LogP contribution in [0.5, 0.6) is 0 Å². The summed E-state index contributed by atoms with van der Waals surface area (Å²) in [7, 11) is 1.69. The molecule has 2 unspecified atom stereocenters. The molecule has 3 saturated heterocycles. The SMILES string of the molecule is C=C[C@H]1CN(C2COC2)CCN1c1cnc(Nc2cc(-c3ccnc(N4CCN5C(=CC6CCCCC65)C4=O)c3CO)cn(C)c2=O)cn1. The summed E-state index contributed by atoms with van der Waals surface area (Å²) in [6.07, 6.45) is 15.5. The van der Waals surface area contributed by atoms with Crippen LogP contribution in [-0.2, 0) is 23.2 Å².